The summed E-state index contributed by atoms with van der Waals surface area (Å²) in [5.74, 6) is -0.0247. The number of aliphatic hydroxyl groups excluding tert-OH is 1. The number of aromatic nitrogens is 2. The molecule has 0 unspecified atom stereocenters. The molecular weight excluding hydrogens is 250 g/mol. The Bertz CT molecular complexity index is 464. The van der Waals surface area contributed by atoms with Crippen LogP contribution >= 0.6 is 11.6 Å². The van der Waals surface area contributed by atoms with Gasteiger partial charge in [0.25, 0.3) is 0 Å². The molecular formula is C9H12ClN3O4. The van der Waals surface area contributed by atoms with Crippen LogP contribution in [0.1, 0.15) is 6.23 Å². The zero-order valence-electron chi connectivity index (χ0n) is 8.88. The van der Waals surface area contributed by atoms with Gasteiger partial charge in [-0.2, -0.15) is 4.98 Å². The van der Waals surface area contributed by atoms with E-state index in [1.165, 1.54) is 10.8 Å². The lowest BCUT2D eigenvalue weighted by atomic mass is 10.3. The molecule has 0 aliphatic carbocycles. The van der Waals surface area contributed by atoms with Gasteiger partial charge in [-0.3, -0.25) is 4.57 Å². The summed E-state index contributed by atoms with van der Waals surface area (Å²) >= 11 is 5.78. The third kappa shape index (κ3) is 2.58. The van der Waals surface area contributed by atoms with E-state index >= 15 is 0 Å². The molecule has 2 heterocycles. The van der Waals surface area contributed by atoms with Crippen molar-refractivity contribution in [3.8, 4) is 0 Å². The van der Waals surface area contributed by atoms with Crippen LogP contribution in [0.3, 0.4) is 0 Å². The van der Waals surface area contributed by atoms with Crippen molar-refractivity contribution in [3.05, 3.63) is 21.7 Å². The molecule has 1 fully saturated rings. The Labute approximate surface area is 102 Å². The highest BCUT2D eigenvalue weighted by Gasteiger charge is 2.25. The van der Waals surface area contributed by atoms with Crippen LogP contribution in [-0.4, -0.2) is 40.6 Å². The molecule has 1 aromatic heterocycles. The van der Waals surface area contributed by atoms with E-state index in [0.29, 0.717) is 0 Å². The molecule has 1 aliphatic rings. The predicted octanol–water partition coefficient (Wildman–Crippen LogP) is -0.615. The van der Waals surface area contributed by atoms with Gasteiger partial charge in [-0.25, -0.2) is 4.79 Å². The maximum atomic E-state index is 11.6. The normalized spacial score (nSPS) is 24.8. The SMILES string of the molecule is Nc1nc(=O)n([C@H]2COC[C@@H](CO)O2)cc1Cl. The van der Waals surface area contributed by atoms with Crippen LogP contribution < -0.4 is 11.4 Å². The molecule has 2 atom stereocenters. The smallest absolute Gasteiger partial charge is 0.351 e. The van der Waals surface area contributed by atoms with Crippen molar-refractivity contribution < 1.29 is 14.6 Å². The highest BCUT2D eigenvalue weighted by atomic mass is 35.5. The van der Waals surface area contributed by atoms with Crippen molar-refractivity contribution in [1.29, 1.82) is 0 Å². The fourth-order valence-electron chi connectivity index (χ4n) is 1.51. The van der Waals surface area contributed by atoms with Gasteiger partial charge in [0.05, 0.1) is 24.8 Å². The van der Waals surface area contributed by atoms with Crippen LogP contribution in [0.5, 0.6) is 0 Å². The van der Waals surface area contributed by atoms with Gasteiger partial charge >= 0.3 is 5.69 Å². The summed E-state index contributed by atoms with van der Waals surface area (Å²) in [4.78, 5) is 15.2. The first kappa shape index (κ1) is 12.3. The summed E-state index contributed by atoms with van der Waals surface area (Å²) in [6.07, 6.45) is 0.232. The standard InChI is InChI=1S/C9H12ClN3O4/c10-6-1-13(9(15)12-8(6)11)7-4-16-3-5(2-14)17-7/h1,5,7,14H,2-4H2,(H2,11,12,15)/t5-,7-/m1/s1. The molecule has 94 valence electrons. The van der Waals surface area contributed by atoms with Gasteiger partial charge in [-0.1, -0.05) is 11.6 Å². The predicted molar refractivity (Wildman–Crippen MR) is 59.7 cm³/mol. The van der Waals surface area contributed by atoms with Crippen molar-refractivity contribution in [2.75, 3.05) is 25.6 Å². The number of hydrogen-bond donors (Lipinski definition) is 2. The number of nitrogens with two attached hydrogens (primary N) is 1. The summed E-state index contributed by atoms with van der Waals surface area (Å²) < 4.78 is 11.9. The highest BCUT2D eigenvalue weighted by molar-refractivity contribution is 6.32. The first-order valence-corrected chi connectivity index (χ1v) is 5.38. The van der Waals surface area contributed by atoms with E-state index in [9.17, 15) is 4.79 Å². The monoisotopic (exact) mass is 261 g/mol. The third-order valence-corrected chi connectivity index (χ3v) is 2.65. The largest absolute Gasteiger partial charge is 0.394 e. The molecule has 2 rings (SSSR count). The Morgan fingerprint density at radius 1 is 1.65 bits per heavy atom. The lowest BCUT2D eigenvalue weighted by Gasteiger charge is -2.29. The zero-order chi connectivity index (χ0) is 12.4. The van der Waals surface area contributed by atoms with Crippen LogP contribution in [0.2, 0.25) is 5.02 Å². The van der Waals surface area contributed by atoms with Gasteiger partial charge in [0.15, 0.2) is 6.23 Å². The van der Waals surface area contributed by atoms with Gasteiger partial charge in [-0.05, 0) is 0 Å². The molecule has 0 bridgehead atoms. The number of anilines is 1. The molecule has 1 saturated heterocycles. The summed E-state index contributed by atoms with van der Waals surface area (Å²) in [5.41, 5.74) is 4.83. The lowest BCUT2D eigenvalue weighted by Crippen LogP contribution is -2.40. The molecule has 0 saturated carbocycles. The van der Waals surface area contributed by atoms with Crippen LogP contribution in [0.15, 0.2) is 11.0 Å². The van der Waals surface area contributed by atoms with E-state index in [4.69, 9.17) is 31.9 Å². The molecule has 0 radical (unpaired) electrons. The van der Waals surface area contributed by atoms with Crippen LogP contribution in [0.4, 0.5) is 5.82 Å². The second kappa shape index (κ2) is 5.01. The summed E-state index contributed by atoms with van der Waals surface area (Å²) in [6, 6.07) is 0. The van der Waals surface area contributed by atoms with E-state index in [0.717, 1.165) is 0 Å². The minimum atomic E-state index is -0.654. The van der Waals surface area contributed by atoms with Crippen molar-refractivity contribution in [2.45, 2.75) is 12.3 Å². The molecule has 8 heteroatoms. The molecule has 17 heavy (non-hydrogen) atoms. The average Bonchev–Trinajstić information content (AvgIpc) is 2.34. The highest BCUT2D eigenvalue weighted by Crippen LogP contribution is 2.19. The van der Waals surface area contributed by atoms with E-state index in [2.05, 4.69) is 4.98 Å². The number of nitrogens with zero attached hydrogens (tertiary/aromatic N) is 2. The minimum absolute atomic E-state index is 0.0247. The van der Waals surface area contributed by atoms with Crippen molar-refractivity contribution in [1.82, 2.24) is 9.55 Å². The molecule has 3 N–H and O–H groups in total. The molecule has 1 aromatic rings. The third-order valence-electron chi connectivity index (χ3n) is 2.36. The zero-order valence-corrected chi connectivity index (χ0v) is 9.63. The Kier molecular flexibility index (Phi) is 3.63. The topological polar surface area (TPSA) is 99.6 Å². The quantitative estimate of drug-likeness (QED) is 0.736. The maximum Gasteiger partial charge on any atom is 0.351 e. The van der Waals surface area contributed by atoms with Gasteiger partial charge in [0.1, 0.15) is 11.9 Å². The van der Waals surface area contributed by atoms with Gasteiger partial charge in [-0.15, -0.1) is 0 Å². The van der Waals surface area contributed by atoms with Crippen LogP contribution in [-0.2, 0) is 9.47 Å². The molecule has 0 spiro atoms. The van der Waals surface area contributed by atoms with E-state index < -0.39 is 18.0 Å². The van der Waals surface area contributed by atoms with E-state index in [1.807, 2.05) is 0 Å². The second-order valence-corrected chi connectivity index (χ2v) is 4.00. The summed E-state index contributed by atoms with van der Waals surface area (Å²) in [5, 5.41) is 9.14. The lowest BCUT2D eigenvalue weighted by molar-refractivity contribution is -0.179. The van der Waals surface area contributed by atoms with Crippen molar-refractivity contribution in [3.63, 3.8) is 0 Å². The fraction of sp³-hybridized carbons (Fsp3) is 0.556. The second-order valence-electron chi connectivity index (χ2n) is 3.60. The summed E-state index contributed by atoms with van der Waals surface area (Å²) in [7, 11) is 0. The first-order valence-electron chi connectivity index (χ1n) is 5.00. The maximum absolute atomic E-state index is 11.6. The molecule has 0 aromatic carbocycles. The molecule has 7 nitrogen and oxygen atoms in total. The number of halogens is 1. The minimum Gasteiger partial charge on any atom is -0.394 e. The van der Waals surface area contributed by atoms with Crippen LogP contribution in [0, 0.1) is 0 Å². The van der Waals surface area contributed by atoms with Crippen molar-refractivity contribution >= 4 is 17.4 Å². The Morgan fingerprint density at radius 2 is 2.41 bits per heavy atom. The number of nitrogen functional groups attached to an aromatic ring is 1. The molecule has 0 amide bonds. The van der Waals surface area contributed by atoms with E-state index in [1.54, 1.807) is 0 Å². The molecule has 1 aliphatic heterocycles. The Morgan fingerprint density at radius 3 is 3.12 bits per heavy atom. The Balaban J connectivity index is 2.27. The summed E-state index contributed by atoms with van der Waals surface area (Å²) in [6.45, 7) is 0.303. The number of rotatable bonds is 2. The van der Waals surface area contributed by atoms with Gasteiger partial charge < -0.3 is 20.3 Å². The fourth-order valence-corrected chi connectivity index (χ4v) is 1.65. The van der Waals surface area contributed by atoms with Crippen LogP contribution in [0.25, 0.3) is 0 Å². The average molecular weight is 262 g/mol. The number of aliphatic hydroxyl groups is 1. The van der Waals surface area contributed by atoms with E-state index in [-0.39, 0.29) is 30.7 Å². The number of hydrogen-bond acceptors (Lipinski definition) is 6. The van der Waals surface area contributed by atoms with Gasteiger partial charge in [0.2, 0.25) is 0 Å². The van der Waals surface area contributed by atoms with Crippen molar-refractivity contribution in [2.24, 2.45) is 0 Å². The number of ether oxygens (including phenoxy) is 2. The first-order chi connectivity index (χ1) is 8.11. The van der Waals surface area contributed by atoms with Gasteiger partial charge in [0, 0.05) is 6.20 Å². The Hall–Kier alpha value is -1.15.